The number of hydrogen-bond donors (Lipinski definition) is 2. The molecule has 8 heteroatoms. The fourth-order valence-corrected chi connectivity index (χ4v) is 3.40. The van der Waals surface area contributed by atoms with E-state index in [1.165, 1.54) is 12.1 Å². The molecule has 0 aromatic heterocycles. The van der Waals surface area contributed by atoms with E-state index >= 15 is 0 Å². The molecule has 0 atom stereocenters. The van der Waals surface area contributed by atoms with E-state index in [9.17, 15) is 14.4 Å². The van der Waals surface area contributed by atoms with Crippen LogP contribution in [0.15, 0.2) is 66.7 Å². The molecule has 0 spiro atoms. The summed E-state index contributed by atoms with van der Waals surface area (Å²) in [6.45, 7) is 5.23. The Hall–Kier alpha value is -4.95. The van der Waals surface area contributed by atoms with Crippen molar-refractivity contribution in [2.75, 3.05) is 10.6 Å². The number of anilines is 2. The van der Waals surface area contributed by atoms with Crippen LogP contribution in [0.5, 0.6) is 0 Å². The van der Waals surface area contributed by atoms with Gasteiger partial charge in [0.1, 0.15) is 5.60 Å². The first-order chi connectivity index (χ1) is 17.5. The Labute approximate surface area is 215 Å². The second kappa shape index (κ2) is 11.7. The molecule has 0 saturated carbocycles. The molecule has 3 rings (SSSR count). The molecule has 0 fully saturated rings. The van der Waals surface area contributed by atoms with E-state index in [-0.39, 0.29) is 30.2 Å². The van der Waals surface area contributed by atoms with Crippen molar-refractivity contribution in [3.63, 3.8) is 0 Å². The van der Waals surface area contributed by atoms with Crippen LogP contribution in [0, 0.1) is 22.7 Å². The average molecular weight is 495 g/mol. The van der Waals surface area contributed by atoms with Crippen molar-refractivity contribution in [2.24, 2.45) is 0 Å². The van der Waals surface area contributed by atoms with E-state index in [2.05, 4.69) is 10.6 Å². The van der Waals surface area contributed by atoms with E-state index in [0.717, 1.165) is 11.1 Å². The van der Waals surface area contributed by atoms with Crippen LogP contribution in [0.4, 0.5) is 11.4 Å². The van der Waals surface area contributed by atoms with Crippen LogP contribution in [0.2, 0.25) is 0 Å². The molecule has 0 aliphatic rings. The van der Waals surface area contributed by atoms with Crippen molar-refractivity contribution in [3.8, 4) is 12.1 Å². The van der Waals surface area contributed by atoms with Gasteiger partial charge in [-0.1, -0.05) is 24.3 Å². The van der Waals surface area contributed by atoms with Gasteiger partial charge in [-0.25, -0.2) is 4.79 Å². The lowest BCUT2D eigenvalue weighted by Crippen LogP contribution is -2.24. The topological polar surface area (TPSA) is 132 Å². The SMILES string of the molecule is CC(C)(C)OC(=O)c1cc(NC(=O)Cc2ccc(C#N)cc2)cc(NC(=O)Cc2ccc(C#N)cc2)c1. The predicted octanol–water partition coefficient (Wildman–Crippen LogP) is 4.75. The molecule has 186 valence electrons. The number of benzene rings is 3. The van der Waals surface area contributed by atoms with E-state index in [1.807, 2.05) is 12.1 Å². The molecule has 0 saturated heterocycles. The molecule has 8 nitrogen and oxygen atoms in total. The molecule has 2 N–H and O–H groups in total. The van der Waals surface area contributed by atoms with Gasteiger partial charge in [-0.15, -0.1) is 0 Å². The number of nitrogens with one attached hydrogen (secondary N) is 2. The van der Waals surface area contributed by atoms with E-state index in [1.54, 1.807) is 75.4 Å². The fourth-order valence-electron chi connectivity index (χ4n) is 3.40. The van der Waals surface area contributed by atoms with Crippen molar-refractivity contribution in [2.45, 2.75) is 39.2 Å². The van der Waals surface area contributed by atoms with Gasteiger partial charge in [0.05, 0.1) is 41.7 Å². The minimum Gasteiger partial charge on any atom is -0.456 e. The van der Waals surface area contributed by atoms with Crippen LogP contribution in [0.3, 0.4) is 0 Å². The zero-order valence-electron chi connectivity index (χ0n) is 20.8. The summed E-state index contributed by atoms with van der Waals surface area (Å²) in [5, 5.41) is 23.4. The minimum atomic E-state index is -0.731. The summed E-state index contributed by atoms with van der Waals surface area (Å²) >= 11 is 0. The Balaban J connectivity index is 1.79. The first-order valence-corrected chi connectivity index (χ1v) is 11.5. The molecule has 0 heterocycles. The Morgan fingerprint density at radius 3 is 1.49 bits per heavy atom. The smallest absolute Gasteiger partial charge is 0.338 e. The maximum absolute atomic E-state index is 12.7. The summed E-state index contributed by atoms with van der Waals surface area (Å²) in [5.41, 5.74) is 2.49. The lowest BCUT2D eigenvalue weighted by molar-refractivity contribution is -0.116. The van der Waals surface area contributed by atoms with Crippen molar-refractivity contribution >= 4 is 29.2 Å². The Bertz CT molecular complexity index is 1300. The summed E-state index contributed by atoms with van der Waals surface area (Å²) < 4.78 is 5.46. The number of ether oxygens (including phenoxy) is 1. The summed E-state index contributed by atoms with van der Waals surface area (Å²) in [7, 11) is 0. The molecule has 0 bridgehead atoms. The molecule has 2 amide bonds. The predicted molar refractivity (Wildman–Crippen MR) is 139 cm³/mol. The Morgan fingerprint density at radius 1 is 0.730 bits per heavy atom. The maximum atomic E-state index is 12.7. The van der Waals surface area contributed by atoms with Crippen LogP contribution in [0.1, 0.15) is 53.4 Å². The summed E-state index contributed by atoms with van der Waals surface area (Å²) in [5.74, 6) is -1.26. The monoisotopic (exact) mass is 494 g/mol. The Kier molecular flexibility index (Phi) is 8.39. The summed E-state index contributed by atoms with van der Waals surface area (Å²) in [4.78, 5) is 38.1. The lowest BCUT2D eigenvalue weighted by atomic mass is 10.1. The first kappa shape index (κ1) is 26.7. The quantitative estimate of drug-likeness (QED) is 0.456. The van der Waals surface area contributed by atoms with Gasteiger partial charge < -0.3 is 15.4 Å². The number of rotatable bonds is 7. The number of amides is 2. The average Bonchev–Trinajstić information content (AvgIpc) is 2.83. The van der Waals surface area contributed by atoms with Crippen LogP contribution in [-0.4, -0.2) is 23.4 Å². The van der Waals surface area contributed by atoms with E-state index in [0.29, 0.717) is 22.5 Å². The normalized spacial score (nSPS) is 10.5. The third kappa shape index (κ3) is 8.34. The van der Waals surface area contributed by atoms with Gasteiger partial charge in [-0.2, -0.15) is 10.5 Å². The summed E-state index contributed by atoms with van der Waals surface area (Å²) in [6, 6.07) is 21.9. The van der Waals surface area contributed by atoms with Crippen molar-refractivity contribution < 1.29 is 19.1 Å². The van der Waals surface area contributed by atoms with Gasteiger partial charge in [-0.3, -0.25) is 9.59 Å². The standard InChI is InChI=1S/C29H26N4O4/c1-29(2,3)37-28(36)23-14-24(32-26(34)12-19-4-8-21(17-30)9-5-19)16-25(15-23)33-27(35)13-20-6-10-22(18-31)11-7-20/h4-11,14-16H,12-13H2,1-3H3,(H,32,34)(H,33,35). The maximum Gasteiger partial charge on any atom is 0.338 e. The van der Waals surface area contributed by atoms with E-state index in [4.69, 9.17) is 15.3 Å². The highest BCUT2D eigenvalue weighted by atomic mass is 16.6. The molecule has 0 aliphatic carbocycles. The number of nitrogens with zero attached hydrogens (tertiary/aromatic N) is 2. The van der Waals surface area contributed by atoms with Crippen LogP contribution in [0.25, 0.3) is 0 Å². The zero-order valence-corrected chi connectivity index (χ0v) is 20.8. The molecular formula is C29H26N4O4. The number of carbonyl (C=O) groups is 3. The Morgan fingerprint density at radius 2 is 1.14 bits per heavy atom. The van der Waals surface area contributed by atoms with Crippen LogP contribution < -0.4 is 10.6 Å². The fraction of sp³-hybridized carbons (Fsp3) is 0.207. The molecule has 0 radical (unpaired) electrons. The highest BCUT2D eigenvalue weighted by Crippen LogP contribution is 2.23. The highest BCUT2D eigenvalue weighted by Gasteiger charge is 2.20. The zero-order chi connectivity index (χ0) is 27.0. The molecule has 0 aliphatic heterocycles. The van der Waals surface area contributed by atoms with Gasteiger partial charge in [0.25, 0.3) is 0 Å². The molecule has 3 aromatic carbocycles. The number of hydrogen-bond acceptors (Lipinski definition) is 6. The van der Waals surface area contributed by atoms with Gasteiger partial charge >= 0.3 is 5.97 Å². The largest absolute Gasteiger partial charge is 0.456 e. The highest BCUT2D eigenvalue weighted by molar-refractivity contribution is 5.99. The third-order valence-electron chi connectivity index (χ3n) is 5.03. The van der Waals surface area contributed by atoms with Gasteiger partial charge in [-0.05, 0) is 74.4 Å². The van der Waals surface area contributed by atoms with E-state index < -0.39 is 11.6 Å². The van der Waals surface area contributed by atoms with Crippen LogP contribution >= 0.6 is 0 Å². The first-order valence-electron chi connectivity index (χ1n) is 11.5. The van der Waals surface area contributed by atoms with Crippen LogP contribution in [-0.2, 0) is 27.2 Å². The molecule has 0 unspecified atom stereocenters. The summed E-state index contributed by atoms with van der Waals surface area (Å²) in [6.07, 6.45) is 0.117. The second-order valence-electron chi connectivity index (χ2n) is 9.37. The molecule has 3 aromatic rings. The van der Waals surface area contributed by atoms with Crippen molar-refractivity contribution in [1.82, 2.24) is 0 Å². The lowest BCUT2D eigenvalue weighted by Gasteiger charge is -2.20. The number of carbonyl (C=O) groups excluding carboxylic acids is 3. The molecule has 37 heavy (non-hydrogen) atoms. The third-order valence-corrected chi connectivity index (χ3v) is 5.03. The van der Waals surface area contributed by atoms with Gasteiger partial charge in [0.2, 0.25) is 11.8 Å². The van der Waals surface area contributed by atoms with Gasteiger partial charge in [0, 0.05) is 11.4 Å². The van der Waals surface area contributed by atoms with Crippen molar-refractivity contribution in [3.05, 3.63) is 94.5 Å². The number of esters is 1. The molecular weight excluding hydrogens is 468 g/mol. The number of nitriles is 2. The minimum absolute atomic E-state index is 0.0583. The van der Waals surface area contributed by atoms with Crippen molar-refractivity contribution in [1.29, 1.82) is 10.5 Å². The second-order valence-corrected chi connectivity index (χ2v) is 9.37. The van der Waals surface area contributed by atoms with Gasteiger partial charge in [0.15, 0.2) is 0 Å².